The summed E-state index contributed by atoms with van der Waals surface area (Å²) in [5.74, 6) is -1.52. The number of aromatic hydroxyl groups is 1. The Labute approximate surface area is 112 Å². The summed E-state index contributed by atoms with van der Waals surface area (Å²) in [5, 5.41) is 21.4. The van der Waals surface area contributed by atoms with Gasteiger partial charge in [0.25, 0.3) is 5.91 Å². The molecular weight excluding hydrogens is 246 g/mol. The van der Waals surface area contributed by atoms with E-state index in [1.54, 1.807) is 32.9 Å². The summed E-state index contributed by atoms with van der Waals surface area (Å²) < 4.78 is 0. The zero-order chi connectivity index (χ0) is 14.6. The molecule has 0 spiro atoms. The summed E-state index contributed by atoms with van der Waals surface area (Å²) in [4.78, 5) is 23.5. The fraction of sp³-hybridized carbons (Fsp3) is 0.429. The summed E-state index contributed by atoms with van der Waals surface area (Å²) in [6.45, 7) is 5.05. The number of aliphatic carboxylic acids is 1. The minimum atomic E-state index is -1.27. The van der Waals surface area contributed by atoms with Crippen LogP contribution in [0.5, 0.6) is 5.75 Å². The minimum Gasteiger partial charge on any atom is -0.508 e. The van der Waals surface area contributed by atoms with Crippen molar-refractivity contribution in [3.05, 3.63) is 29.3 Å². The Morgan fingerprint density at radius 2 is 1.84 bits per heavy atom. The van der Waals surface area contributed by atoms with Gasteiger partial charge < -0.3 is 15.5 Å². The molecule has 1 amide bonds. The highest BCUT2D eigenvalue weighted by Crippen LogP contribution is 2.22. The molecule has 0 heterocycles. The van der Waals surface area contributed by atoms with Gasteiger partial charge in [-0.3, -0.25) is 4.79 Å². The van der Waals surface area contributed by atoms with Crippen molar-refractivity contribution in [2.75, 3.05) is 0 Å². The van der Waals surface area contributed by atoms with Crippen LogP contribution in [-0.4, -0.2) is 27.6 Å². The Kier molecular flexibility index (Phi) is 4.53. The maximum Gasteiger partial charge on any atom is 0.329 e. The molecule has 0 aliphatic heterocycles. The largest absolute Gasteiger partial charge is 0.508 e. The summed E-state index contributed by atoms with van der Waals surface area (Å²) in [5.41, 5.74) is -0.548. The van der Waals surface area contributed by atoms with E-state index in [4.69, 9.17) is 0 Å². The number of benzene rings is 1. The van der Waals surface area contributed by atoms with E-state index in [-0.39, 0.29) is 11.3 Å². The number of rotatable bonds is 5. The fourth-order valence-corrected chi connectivity index (χ4v) is 1.94. The van der Waals surface area contributed by atoms with Crippen molar-refractivity contribution >= 4 is 11.9 Å². The van der Waals surface area contributed by atoms with Gasteiger partial charge in [-0.2, -0.15) is 0 Å². The molecular formula is C14H19NO4. The molecule has 1 aromatic rings. The lowest BCUT2D eigenvalue weighted by atomic mass is 9.92. The van der Waals surface area contributed by atoms with Crippen LogP contribution in [0.2, 0.25) is 0 Å². The first-order valence-corrected chi connectivity index (χ1v) is 6.22. The maximum absolute atomic E-state index is 12.2. The third kappa shape index (κ3) is 2.86. The molecule has 5 heteroatoms. The molecule has 0 atom stereocenters. The van der Waals surface area contributed by atoms with Crippen LogP contribution >= 0.6 is 0 Å². The lowest BCUT2D eigenvalue weighted by Crippen LogP contribution is -2.53. The Morgan fingerprint density at radius 1 is 1.26 bits per heavy atom. The molecule has 1 aromatic carbocycles. The van der Waals surface area contributed by atoms with Crippen LogP contribution < -0.4 is 5.32 Å². The zero-order valence-corrected chi connectivity index (χ0v) is 11.4. The standard InChI is InChI=1S/C14H19NO4/c1-4-14(5-2,13(18)19)15-12(17)10-7-6-8-11(16)9(10)3/h6-8,16H,4-5H2,1-3H3,(H,15,17)(H,18,19). The van der Waals surface area contributed by atoms with Crippen LogP contribution in [0, 0.1) is 6.92 Å². The third-order valence-corrected chi connectivity index (χ3v) is 3.52. The lowest BCUT2D eigenvalue weighted by Gasteiger charge is -2.28. The molecule has 0 fully saturated rings. The Morgan fingerprint density at radius 3 is 2.32 bits per heavy atom. The van der Waals surface area contributed by atoms with Gasteiger partial charge in [-0.05, 0) is 31.9 Å². The van der Waals surface area contributed by atoms with Crippen LogP contribution in [0.25, 0.3) is 0 Å². The molecule has 0 aliphatic rings. The van der Waals surface area contributed by atoms with E-state index in [1.165, 1.54) is 6.07 Å². The highest BCUT2D eigenvalue weighted by atomic mass is 16.4. The summed E-state index contributed by atoms with van der Waals surface area (Å²) in [6, 6.07) is 4.59. The number of carboxylic acids is 1. The number of hydrogen-bond donors (Lipinski definition) is 3. The van der Waals surface area contributed by atoms with Crippen molar-refractivity contribution in [2.45, 2.75) is 39.2 Å². The second-order valence-electron chi connectivity index (χ2n) is 4.50. The van der Waals surface area contributed by atoms with Gasteiger partial charge in [0.15, 0.2) is 0 Å². The lowest BCUT2D eigenvalue weighted by molar-refractivity contribution is -0.144. The van der Waals surface area contributed by atoms with Crippen LogP contribution in [0.15, 0.2) is 18.2 Å². The molecule has 104 valence electrons. The average Bonchev–Trinajstić information content (AvgIpc) is 2.38. The number of nitrogens with one attached hydrogen (secondary N) is 1. The molecule has 19 heavy (non-hydrogen) atoms. The predicted molar refractivity (Wildman–Crippen MR) is 71.3 cm³/mol. The molecule has 0 saturated heterocycles. The monoisotopic (exact) mass is 265 g/mol. The number of hydrogen-bond acceptors (Lipinski definition) is 3. The average molecular weight is 265 g/mol. The number of phenolic OH excluding ortho intramolecular Hbond substituents is 1. The SMILES string of the molecule is CCC(CC)(NC(=O)c1cccc(O)c1C)C(=O)O. The van der Waals surface area contributed by atoms with Gasteiger partial charge in [-0.25, -0.2) is 4.79 Å². The first kappa shape index (κ1) is 15.0. The zero-order valence-electron chi connectivity index (χ0n) is 11.4. The molecule has 0 aromatic heterocycles. The Balaban J connectivity index is 3.08. The first-order valence-electron chi connectivity index (χ1n) is 6.22. The van der Waals surface area contributed by atoms with E-state index >= 15 is 0 Å². The molecule has 0 saturated carbocycles. The minimum absolute atomic E-state index is 0.0153. The van der Waals surface area contributed by atoms with E-state index in [2.05, 4.69) is 5.32 Å². The van der Waals surface area contributed by atoms with E-state index in [1.807, 2.05) is 0 Å². The van der Waals surface area contributed by atoms with Crippen LogP contribution in [0.4, 0.5) is 0 Å². The topological polar surface area (TPSA) is 86.6 Å². The number of phenols is 1. The Hall–Kier alpha value is -2.04. The summed E-state index contributed by atoms with van der Waals surface area (Å²) in [7, 11) is 0. The number of amides is 1. The molecule has 1 rings (SSSR count). The van der Waals surface area contributed by atoms with Crippen molar-refractivity contribution < 1.29 is 19.8 Å². The van der Waals surface area contributed by atoms with Gasteiger partial charge in [-0.1, -0.05) is 19.9 Å². The highest BCUT2D eigenvalue weighted by Gasteiger charge is 2.36. The number of carboxylic acid groups (broad SMARTS) is 1. The van der Waals surface area contributed by atoms with Gasteiger partial charge in [0, 0.05) is 11.1 Å². The normalized spacial score (nSPS) is 11.1. The van der Waals surface area contributed by atoms with Gasteiger partial charge in [-0.15, -0.1) is 0 Å². The second-order valence-corrected chi connectivity index (χ2v) is 4.50. The van der Waals surface area contributed by atoms with E-state index < -0.39 is 17.4 Å². The van der Waals surface area contributed by atoms with Crippen molar-refractivity contribution in [3.63, 3.8) is 0 Å². The van der Waals surface area contributed by atoms with Gasteiger partial charge in [0.1, 0.15) is 11.3 Å². The predicted octanol–water partition coefficient (Wildman–Crippen LogP) is 2.07. The molecule has 5 nitrogen and oxygen atoms in total. The second kappa shape index (κ2) is 5.73. The smallest absolute Gasteiger partial charge is 0.329 e. The maximum atomic E-state index is 12.2. The van der Waals surface area contributed by atoms with Crippen LogP contribution in [0.3, 0.4) is 0 Å². The van der Waals surface area contributed by atoms with E-state index in [0.29, 0.717) is 18.4 Å². The van der Waals surface area contributed by atoms with Gasteiger partial charge in [0.05, 0.1) is 0 Å². The fourth-order valence-electron chi connectivity index (χ4n) is 1.94. The third-order valence-electron chi connectivity index (χ3n) is 3.52. The summed E-state index contributed by atoms with van der Waals surface area (Å²) in [6.07, 6.45) is 0.588. The summed E-state index contributed by atoms with van der Waals surface area (Å²) >= 11 is 0. The molecule has 0 bridgehead atoms. The van der Waals surface area contributed by atoms with Gasteiger partial charge >= 0.3 is 5.97 Å². The van der Waals surface area contributed by atoms with E-state index in [9.17, 15) is 19.8 Å². The number of carbonyl (C=O) groups excluding carboxylic acids is 1. The number of carbonyl (C=O) groups is 2. The molecule has 0 aliphatic carbocycles. The van der Waals surface area contributed by atoms with E-state index in [0.717, 1.165) is 0 Å². The highest BCUT2D eigenvalue weighted by molar-refractivity contribution is 5.99. The molecule has 3 N–H and O–H groups in total. The van der Waals surface area contributed by atoms with Gasteiger partial charge in [0.2, 0.25) is 0 Å². The van der Waals surface area contributed by atoms with Crippen LogP contribution in [-0.2, 0) is 4.79 Å². The first-order chi connectivity index (χ1) is 8.88. The quantitative estimate of drug-likeness (QED) is 0.760. The van der Waals surface area contributed by atoms with Crippen LogP contribution in [0.1, 0.15) is 42.6 Å². The van der Waals surface area contributed by atoms with Crippen molar-refractivity contribution in [2.24, 2.45) is 0 Å². The molecule has 0 radical (unpaired) electrons. The Bertz CT molecular complexity index is 492. The van der Waals surface area contributed by atoms with Crippen molar-refractivity contribution in [3.8, 4) is 5.75 Å². The molecule has 0 unspecified atom stereocenters. The van der Waals surface area contributed by atoms with Crippen molar-refractivity contribution in [1.82, 2.24) is 5.32 Å². The van der Waals surface area contributed by atoms with Crippen molar-refractivity contribution in [1.29, 1.82) is 0 Å².